The van der Waals surface area contributed by atoms with Gasteiger partial charge in [-0.1, -0.05) is 45.4 Å². The van der Waals surface area contributed by atoms with Crippen LogP contribution in [0.15, 0.2) is 24.3 Å². The van der Waals surface area contributed by atoms with E-state index in [1.807, 2.05) is 24.3 Å². The minimum atomic E-state index is -0.428. The van der Waals surface area contributed by atoms with Crippen molar-refractivity contribution in [3.8, 4) is 5.75 Å². The highest BCUT2D eigenvalue weighted by Crippen LogP contribution is 2.31. The molecule has 0 aliphatic rings. The summed E-state index contributed by atoms with van der Waals surface area (Å²) in [6.45, 7) is 7.01. The predicted octanol–water partition coefficient (Wildman–Crippen LogP) is 3.95. The van der Waals surface area contributed by atoms with E-state index in [9.17, 15) is 5.11 Å². The van der Waals surface area contributed by atoms with Crippen LogP contribution in [-0.2, 0) is 0 Å². The van der Waals surface area contributed by atoms with Gasteiger partial charge in [0, 0.05) is 5.56 Å². The van der Waals surface area contributed by atoms with E-state index in [0.29, 0.717) is 6.61 Å². The van der Waals surface area contributed by atoms with Gasteiger partial charge < -0.3 is 9.84 Å². The highest BCUT2D eigenvalue weighted by molar-refractivity contribution is 5.35. The summed E-state index contributed by atoms with van der Waals surface area (Å²) in [5.74, 6) is 1.09. The van der Waals surface area contributed by atoms with E-state index in [2.05, 4.69) is 20.8 Å². The molecule has 0 bridgehead atoms. The quantitative estimate of drug-likeness (QED) is 0.777. The van der Waals surface area contributed by atoms with Crippen molar-refractivity contribution >= 4 is 0 Å². The lowest BCUT2D eigenvalue weighted by molar-refractivity contribution is 0.108. The molecule has 0 spiro atoms. The van der Waals surface area contributed by atoms with Crippen molar-refractivity contribution in [1.82, 2.24) is 0 Å². The zero-order valence-electron chi connectivity index (χ0n) is 11.1. The highest BCUT2D eigenvalue weighted by atomic mass is 16.5. The van der Waals surface area contributed by atoms with Gasteiger partial charge in [-0.05, 0) is 24.8 Å². The summed E-state index contributed by atoms with van der Waals surface area (Å²) in [5, 5.41) is 10.3. The van der Waals surface area contributed by atoms with Crippen LogP contribution in [-0.4, -0.2) is 11.7 Å². The molecule has 1 aromatic carbocycles. The first-order valence-corrected chi connectivity index (χ1v) is 6.60. The van der Waals surface area contributed by atoms with Gasteiger partial charge in [-0.25, -0.2) is 0 Å². The van der Waals surface area contributed by atoms with Crippen molar-refractivity contribution < 1.29 is 9.84 Å². The van der Waals surface area contributed by atoms with Crippen LogP contribution in [0.25, 0.3) is 0 Å². The summed E-state index contributed by atoms with van der Waals surface area (Å²) in [6.07, 6.45) is 2.68. The molecule has 0 heterocycles. The van der Waals surface area contributed by atoms with Gasteiger partial charge in [0.1, 0.15) is 5.75 Å². The molecule has 2 nitrogen and oxygen atoms in total. The smallest absolute Gasteiger partial charge is 0.125 e. The summed E-state index contributed by atoms with van der Waals surface area (Å²) < 4.78 is 5.68. The number of aliphatic hydroxyl groups is 1. The van der Waals surface area contributed by atoms with Gasteiger partial charge in [0.15, 0.2) is 0 Å². The van der Waals surface area contributed by atoms with E-state index in [0.717, 1.165) is 30.6 Å². The average molecular weight is 236 g/mol. The zero-order chi connectivity index (χ0) is 12.7. The van der Waals surface area contributed by atoms with Crippen LogP contribution < -0.4 is 4.74 Å². The first kappa shape index (κ1) is 14.0. The fourth-order valence-corrected chi connectivity index (χ4v) is 1.99. The van der Waals surface area contributed by atoms with Gasteiger partial charge in [-0.2, -0.15) is 0 Å². The lowest BCUT2D eigenvalue weighted by Crippen LogP contribution is -2.11. The standard InChI is InChI=1S/C15H24O2/c1-4-8-12(3)15(16)13-9-6-7-10-14(13)17-11-5-2/h6-7,9-10,12,15-16H,4-5,8,11H2,1-3H3. The Hall–Kier alpha value is -1.02. The third-order valence-electron chi connectivity index (χ3n) is 2.98. The molecule has 2 heteroatoms. The molecule has 1 N–H and O–H groups in total. The molecular formula is C15H24O2. The van der Waals surface area contributed by atoms with Gasteiger partial charge in [0.25, 0.3) is 0 Å². The zero-order valence-corrected chi connectivity index (χ0v) is 11.1. The Morgan fingerprint density at radius 1 is 1.18 bits per heavy atom. The summed E-state index contributed by atoms with van der Waals surface area (Å²) >= 11 is 0. The van der Waals surface area contributed by atoms with Gasteiger partial charge in [-0.3, -0.25) is 0 Å². The number of hydrogen-bond donors (Lipinski definition) is 1. The molecule has 0 radical (unpaired) electrons. The second-order valence-electron chi connectivity index (χ2n) is 4.60. The average Bonchev–Trinajstić information content (AvgIpc) is 2.36. The Balaban J connectivity index is 2.80. The molecule has 1 aromatic rings. The van der Waals surface area contributed by atoms with E-state index in [1.165, 1.54) is 0 Å². The number of benzene rings is 1. The van der Waals surface area contributed by atoms with Crippen LogP contribution >= 0.6 is 0 Å². The highest BCUT2D eigenvalue weighted by Gasteiger charge is 2.19. The summed E-state index contributed by atoms with van der Waals surface area (Å²) in [4.78, 5) is 0. The van der Waals surface area contributed by atoms with E-state index in [1.54, 1.807) is 0 Å². The normalized spacial score (nSPS) is 14.4. The number of ether oxygens (including phenoxy) is 1. The van der Waals surface area contributed by atoms with Gasteiger partial charge in [0.05, 0.1) is 12.7 Å². The third-order valence-corrected chi connectivity index (χ3v) is 2.98. The molecule has 1 rings (SSSR count). The van der Waals surface area contributed by atoms with Crippen LogP contribution in [0.1, 0.15) is 51.7 Å². The Morgan fingerprint density at radius 3 is 2.53 bits per heavy atom. The summed E-state index contributed by atoms with van der Waals surface area (Å²) in [7, 11) is 0. The Morgan fingerprint density at radius 2 is 1.88 bits per heavy atom. The molecule has 0 saturated carbocycles. The SMILES string of the molecule is CCCOc1ccccc1C(O)C(C)CCC. The van der Waals surface area contributed by atoms with Crippen LogP contribution in [0, 0.1) is 5.92 Å². The number of aliphatic hydroxyl groups excluding tert-OH is 1. The van der Waals surface area contributed by atoms with Crippen molar-refractivity contribution in [1.29, 1.82) is 0 Å². The van der Waals surface area contributed by atoms with Crippen molar-refractivity contribution in [3.05, 3.63) is 29.8 Å². The first-order valence-electron chi connectivity index (χ1n) is 6.60. The molecule has 17 heavy (non-hydrogen) atoms. The molecule has 2 unspecified atom stereocenters. The van der Waals surface area contributed by atoms with E-state index in [-0.39, 0.29) is 5.92 Å². The fraction of sp³-hybridized carbons (Fsp3) is 0.600. The van der Waals surface area contributed by atoms with Crippen molar-refractivity contribution in [2.45, 2.75) is 46.1 Å². The Labute approximate surface area is 105 Å². The second kappa shape index (κ2) is 7.33. The molecule has 0 fully saturated rings. The first-order chi connectivity index (χ1) is 8.20. The van der Waals surface area contributed by atoms with Gasteiger partial charge in [0.2, 0.25) is 0 Å². The molecular weight excluding hydrogens is 212 g/mol. The molecule has 0 amide bonds. The maximum absolute atomic E-state index is 10.3. The lowest BCUT2D eigenvalue weighted by atomic mass is 9.93. The summed E-state index contributed by atoms with van der Waals surface area (Å²) in [5.41, 5.74) is 0.918. The molecule has 0 aliphatic heterocycles. The fourth-order valence-electron chi connectivity index (χ4n) is 1.99. The number of hydrogen-bond acceptors (Lipinski definition) is 2. The molecule has 96 valence electrons. The predicted molar refractivity (Wildman–Crippen MR) is 71.3 cm³/mol. The maximum Gasteiger partial charge on any atom is 0.125 e. The van der Waals surface area contributed by atoms with E-state index >= 15 is 0 Å². The second-order valence-corrected chi connectivity index (χ2v) is 4.60. The largest absolute Gasteiger partial charge is 0.493 e. The van der Waals surface area contributed by atoms with Crippen molar-refractivity contribution in [3.63, 3.8) is 0 Å². The minimum Gasteiger partial charge on any atom is -0.493 e. The monoisotopic (exact) mass is 236 g/mol. The van der Waals surface area contributed by atoms with E-state index < -0.39 is 6.10 Å². The van der Waals surface area contributed by atoms with Crippen LogP contribution in [0.2, 0.25) is 0 Å². The van der Waals surface area contributed by atoms with Crippen molar-refractivity contribution in [2.24, 2.45) is 5.92 Å². The molecule has 0 aromatic heterocycles. The van der Waals surface area contributed by atoms with Crippen LogP contribution in [0.3, 0.4) is 0 Å². The maximum atomic E-state index is 10.3. The van der Waals surface area contributed by atoms with Gasteiger partial charge >= 0.3 is 0 Å². The Kier molecular flexibility index (Phi) is 6.06. The topological polar surface area (TPSA) is 29.5 Å². The Bertz CT molecular complexity index is 322. The van der Waals surface area contributed by atoms with Crippen LogP contribution in [0.4, 0.5) is 0 Å². The number of rotatable bonds is 7. The molecule has 0 aliphatic carbocycles. The lowest BCUT2D eigenvalue weighted by Gasteiger charge is -2.21. The summed E-state index contributed by atoms with van der Waals surface area (Å²) in [6, 6.07) is 7.80. The molecule has 2 atom stereocenters. The van der Waals surface area contributed by atoms with Gasteiger partial charge in [-0.15, -0.1) is 0 Å². The molecule has 0 saturated heterocycles. The van der Waals surface area contributed by atoms with Crippen molar-refractivity contribution in [2.75, 3.05) is 6.61 Å². The minimum absolute atomic E-state index is 0.270. The van der Waals surface area contributed by atoms with E-state index in [4.69, 9.17) is 4.74 Å². The third kappa shape index (κ3) is 4.04. The number of para-hydroxylation sites is 1. The van der Waals surface area contributed by atoms with Crippen LogP contribution in [0.5, 0.6) is 5.75 Å².